The third-order valence-corrected chi connectivity index (χ3v) is 6.85. The largest absolute Gasteiger partial charge is 0.385 e. The van der Waals surface area contributed by atoms with Gasteiger partial charge in [0.25, 0.3) is 23.6 Å². The fraction of sp³-hybridized carbons (Fsp3) is 0.517. The third kappa shape index (κ3) is 5.45. The van der Waals surface area contributed by atoms with Gasteiger partial charge in [0, 0.05) is 66.4 Å². The summed E-state index contributed by atoms with van der Waals surface area (Å²) in [5.41, 5.74) is 1.26. The molecule has 2 aliphatic rings. The Balaban J connectivity index is 1.52. The maximum atomic E-state index is 13.3. The fourth-order valence-electron chi connectivity index (χ4n) is 5.00. The number of rotatable bonds is 12. The first-order valence-corrected chi connectivity index (χ1v) is 13.1. The number of nitrogens with zero attached hydrogens (tertiary/aromatic N) is 2. The number of hydrogen-bond acceptors (Lipinski definition) is 6. The quantitative estimate of drug-likeness (QED) is 0.301. The van der Waals surface area contributed by atoms with Crippen LogP contribution in [0, 0.1) is 0 Å². The molecule has 2 aromatic carbocycles. The van der Waals surface area contributed by atoms with Crippen LogP contribution in [0.1, 0.15) is 101 Å². The lowest BCUT2D eigenvalue weighted by Gasteiger charge is -2.32. The van der Waals surface area contributed by atoms with Crippen LogP contribution in [0.4, 0.5) is 0 Å². The van der Waals surface area contributed by atoms with Crippen molar-refractivity contribution in [1.29, 1.82) is 0 Å². The number of unbranched alkanes of at least 4 members (excludes halogenated alkanes) is 4. The van der Waals surface area contributed by atoms with E-state index in [1.807, 2.05) is 20.8 Å². The van der Waals surface area contributed by atoms with Crippen LogP contribution in [0.5, 0.6) is 0 Å². The molecule has 8 nitrogen and oxygen atoms in total. The summed E-state index contributed by atoms with van der Waals surface area (Å²) in [7, 11) is 1.64. The molecule has 2 aliphatic heterocycles. The second-order valence-electron chi connectivity index (χ2n) is 10.7. The van der Waals surface area contributed by atoms with Crippen molar-refractivity contribution in [3.63, 3.8) is 0 Å². The molecular formula is C29H36N2O6. The van der Waals surface area contributed by atoms with Crippen molar-refractivity contribution in [2.45, 2.75) is 64.9 Å². The molecule has 2 heterocycles. The van der Waals surface area contributed by atoms with Gasteiger partial charge in [-0.25, -0.2) is 0 Å². The summed E-state index contributed by atoms with van der Waals surface area (Å²) in [5, 5.41) is 0.836. The third-order valence-electron chi connectivity index (χ3n) is 6.85. The summed E-state index contributed by atoms with van der Waals surface area (Å²) in [6.07, 6.45) is 4.74. The minimum atomic E-state index is -0.382. The van der Waals surface area contributed by atoms with Crippen LogP contribution >= 0.6 is 0 Å². The number of imide groups is 2. The average Bonchev–Trinajstić information content (AvgIpc) is 2.86. The highest BCUT2D eigenvalue weighted by atomic mass is 16.5. The van der Waals surface area contributed by atoms with Crippen molar-refractivity contribution in [2.75, 3.05) is 33.4 Å². The Labute approximate surface area is 217 Å². The van der Waals surface area contributed by atoms with Gasteiger partial charge in [-0.3, -0.25) is 29.0 Å². The Morgan fingerprint density at radius 1 is 0.595 bits per heavy atom. The topological polar surface area (TPSA) is 93.2 Å². The molecule has 0 unspecified atom stereocenters. The van der Waals surface area contributed by atoms with Gasteiger partial charge in [-0.1, -0.05) is 0 Å². The fourth-order valence-corrected chi connectivity index (χ4v) is 5.00. The summed E-state index contributed by atoms with van der Waals surface area (Å²) in [5.74, 6) is -1.53. The highest BCUT2D eigenvalue weighted by molar-refractivity contribution is 6.33. The van der Waals surface area contributed by atoms with Crippen LogP contribution in [-0.4, -0.2) is 72.4 Å². The van der Waals surface area contributed by atoms with Crippen molar-refractivity contribution in [3.8, 4) is 0 Å². The van der Waals surface area contributed by atoms with Crippen molar-refractivity contribution < 1.29 is 28.7 Å². The van der Waals surface area contributed by atoms with E-state index >= 15 is 0 Å². The van der Waals surface area contributed by atoms with E-state index in [-0.39, 0.29) is 29.2 Å². The summed E-state index contributed by atoms with van der Waals surface area (Å²) < 4.78 is 10.8. The van der Waals surface area contributed by atoms with Crippen molar-refractivity contribution in [2.24, 2.45) is 0 Å². The van der Waals surface area contributed by atoms with E-state index in [2.05, 4.69) is 0 Å². The first-order valence-electron chi connectivity index (χ1n) is 13.1. The normalized spacial score (nSPS) is 15.4. The van der Waals surface area contributed by atoms with Gasteiger partial charge in [-0.05, 0) is 83.6 Å². The first kappa shape index (κ1) is 26.9. The number of methoxy groups -OCH3 is 1. The van der Waals surface area contributed by atoms with Gasteiger partial charge in [0.15, 0.2) is 0 Å². The minimum absolute atomic E-state index is 0.189. The van der Waals surface area contributed by atoms with E-state index in [1.54, 1.807) is 31.4 Å². The number of hydrogen-bond donors (Lipinski definition) is 0. The predicted octanol–water partition coefficient (Wildman–Crippen LogP) is 4.83. The summed E-state index contributed by atoms with van der Waals surface area (Å²) in [4.78, 5) is 55.8. The van der Waals surface area contributed by atoms with Gasteiger partial charge in [0.2, 0.25) is 0 Å². The Kier molecular flexibility index (Phi) is 8.09. The second-order valence-corrected chi connectivity index (χ2v) is 10.7. The lowest BCUT2D eigenvalue weighted by atomic mass is 9.86. The Morgan fingerprint density at radius 3 is 1.32 bits per heavy atom. The van der Waals surface area contributed by atoms with Crippen LogP contribution in [0.2, 0.25) is 0 Å². The number of ether oxygens (including phenoxy) is 2. The molecule has 2 aromatic rings. The summed E-state index contributed by atoms with van der Waals surface area (Å²) >= 11 is 0. The van der Waals surface area contributed by atoms with Gasteiger partial charge in [-0.2, -0.15) is 0 Å². The smallest absolute Gasteiger partial charge is 0.261 e. The molecule has 198 valence electrons. The lowest BCUT2D eigenvalue weighted by Crippen LogP contribution is -2.43. The molecule has 0 aliphatic carbocycles. The van der Waals surface area contributed by atoms with Crippen LogP contribution in [0.15, 0.2) is 24.3 Å². The number of carbonyl (C=O) groups excluding carboxylic acids is 4. The Bertz CT molecular complexity index is 1160. The van der Waals surface area contributed by atoms with Crippen molar-refractivity contribution >= 4 is 34.4 Å². The maximum absolute atomic E-state index is 13.3. The molecule has 0 atom stereocenters. The molecule has 0 radical (unpaired) electrons. The molecule has 0 bridgehead atoms. The van der Waals surface area contributed by atoms with E-state index in [4.69, 9.17) is 9.47 Å². The summed E-state index contributed by atoms with van der Waals surface area (Å²) in [6, 6.07) is 6.48. The highest BCUT2D eigenvalue weighted by Gasteiger charge is 2.39. The van der Waals surface area contributed by atoms with Crippen LogP contribution in [0.25, 0.3) is 10.8 Å². The van der Waals surface area contributed by atoms with Crippen molar-refractivity contribution in [1.82, 2.24) is 9.80 Å². The number of carbonyl (C=O) groups is 4. The molecule has 0 fully saturated rings. The standard InChI is InChI=1S/C29H36N2O6/c1-29(2,3)37-18-10-6-8-16-31-27(34)21-13-11-19-23-20(12-14-22(24(21)23)28(31)35)26(33)30(25(19)32)15-7-5-9-17-36-4/h11-14H,5-10,15-18H2,1-4H3. The van der Waals surface area contributed by atoms with Crippen molar-refractivity contribution in [3.05, 3.63) is 46.5 Å². The highest BCUT2D eigenvalue weighted by Crippen LogP contribution is 2.38. The van der Waals surface area contributed by atoms with E-state index < -0.39 is 0 Å². The lowest BCUT2D eigenvalue weighted by molar-refractivity contribution is -0.00480. The molecule has 4 amide bonds. The SMILES string of the molecule is COCCCCCN1C(=O)c2ccc3c4c(ccc(c24)C1=O)C(=O)N(CCCCCOC(C)(C)C)C3=O. The van der Waals surface area contributed by atoms with Gasteiger partial charge in [0.1, 0.15) is 0 Å². The average molecular weight is 509 g/mol. The first-order chi connectivity index (χ1) is 17.7. The molecule has 0 N–H and O–H groups in total. The summed E-state index contributed by atoms with van der Waals surface area (Å²) in [6.45, 7) is 7.93. The molecule has 0 saturated heterocycles. The number of amides is 4. The van der Waals surface area contributed by atoms with Gasteiger partial charge >= 0.3 is 0 Å². The monoisotopic (exact) mass is 508 g/mol. The van der Waals surface area contributed by atoms with Crippen LogP contribution in [-0.2, 0) is 9.47 Å². The molecular weight excluding hydrogens is 472 g/mol. The van der Waals surface area contributed by atoms with Gasteiger partial charge < -0.3 is 9.47 Å². The molecule has 0 spiro atoms. The van der Waals surface area contributed by atoms with Gasteiger partial charge in [0.05, 0.1) is 5.60 Å². The molecule has 4 rings (SSSR count). The molecule has 0 aromatic heterocycles. The zero-order valence-corrected chi connectivity index (χ0v) is 22.2. The zero-order valence-electron chi connectivity index (χ0n) is 22.2. The van der Waals surface area contributed by atoms with E-state index in [9.17, 15) is 19.2 Å². The molecule has 8 heteroatoms. The minimum Gasteiger partial charge on any atom is -0.385 e. The second kappa shape index (κ2) is 11.1. The Morgan fingerprint density at radius 2 is 0.973 bits per heavy atom. The zero-order chi connectivity index (χ0) is 26.7. The molecule has 37 heavy (non-hydrogen) atoms. The van der Waals surface area contributed by atoms with Crippen LogP contribution < -0.4 is 0 Å². The maximum Gasteiger partial charge on any atom is 0.261 e. The van der Waals surface area contributed by atoms with E-state index in [1.165, 1.54) is 9.80 Å². The Hall–Kier alpha value is -3.10. The van der Waals surface area contributed by atoms with Crippen LogP contribution in [0.3, 0.4) is 0 Å². The van der Waals surface area contributed by atoms with Gasteiger partial charge in [-0.15, -0.1) is 0 Å². The molecule has 0 saturated carbocycles. The predicted molar refractivity (Wildman–Crippen MR) is 140 cm³/mol. The van der Waals surface area contributed by atoms with E-state index in [0.717, 1.165) is 25.7 Å². The van der Waals surface area contributed by atoms with E-state index in [0.29, 0.717) is 72.2 Å². The number of benzene rings is 2.